The molecule has 1 aliphatic rings. The van der Waals surface area contributed by atoms with Crippen LogP contribution < -0.4 is 0 Å². The summed E-state index contributed by atoms with van der Waals surface area (Å²) in [5.74, 6) is 0. The standard InChI is InChI=1S/C15H23N/c1-15(2,3)9-8-14-10-12-6-4-5-7-13(12)11-16-14/h10-11H,4-9H2,1-3H3. The molecule has 0 spiro atoms. The van der Waals surface area contributed by atoms with E-state index in [9.17, 15) is 0 Å². The number of hydrogen-bond donors (Lipinski definition) is 0. The van der Waals surface area contributed by atoms with Crippen LogP contribution in [0.3, 0.4) is 0 Å². The van der Waals surface area contributed by atoms with Gasteiger partial charge in [0.1, 0.15) is 0 Å². The number of aromatic nitrogens is 1. The van der Waals surface area contributed by atoms with E-state index in [1.165, 1.54) is 43.4 Å². The van der Waals surface area contributed by atoms with E-state index in [1.54, 1.807) is 5.56 Å². The van der Waals surface area contributed by atoms with Crippen molar-refractivity contribution in [2.75, 3.05) is 0 Å². The van der Waals surface area contributed by atoms with Gasteiger partial charge < -0.3 is 0 Å². The minimum Gasteiger partial charge on any atom is -0.261 e. The van der Waals surface area contributed by atoms with E-state index >= 15 is 0 Å². The molecule has 0 radical (unpaired) electrons. The Morgan fingerprint density at radius 1 is 1.12 bits per heavy atom. The Balaban J connectivity index is 2.06. The molecule has 1 aromatic rings. The molecule has 0 amide bonds. The van der Waals surface area contributed by atoms with Gasteiger partial charge in [-0.2, -0.15) is 0 Å². The minimum atomic E-state index is 0.414. The SMILES string of the molecule is CC(C)(C)CCc1cc2c(cn1)CCCC2. The average molecular weight is 217 g/mol. The van der Waals surface area contributed by atoms with E-state index < -0.39 is 0 Å². The lowest BCUT2D eigenvalue weighted by molar-refractivity contribution is 0.376. The summed E-state index contributed by atoms with van der Waals surface area (Å²) in [6.45, 7) is 6.89. The third kappa shape index (κ3) is 3.07. The van der Waals surface area contributed by atoms with Gasteiger partial charge in [0.25, 0.3) is 0 Å². The summed E-state index contributed by atoms with van der Waals surface area (Å²) in [4.78, 5) is 4.60. The monoisotopic (exact) mass is 217 g/mol. The van der Waals surface area contributed by atoms with E-state index in [0.717, 1.165) is 6.42 Å². The molecule has 1 aromatic heterocycles. The van der Waals surface area contributed by atoms with Crippen molar-refractivity contribution in [2.24, 2.45) is 5.41 Å². The molecule has 1 heterocycles. The Morgan fingerprint density at radius 2 is 1.81 bits per heavy atom. The molecule has 1 aliphatic carbocycles. The van der Waals surface area contributed by atoms with Crippen LogP contribution in [-0.2, 0) is 19.3 Å². The molecule has 16 heavy (non-hydrogen) atoms. The smallest absolute Gasteiger partial charge is 0.0406 e. The second kappa shape index (κ2) is 4.57. The molecule has 2 rings (SSSR count). The van der Waals surface area contributed by atoms with Crippen LogP contribution in [0.2, 0.25) is 0 Å². The van der Waals surface area contributed by atoms with Crippen LogP contribution in [0, 0.1) is 5.41 Å². The summed E-state index contributed by atoms with van der Waals surface area (Å²) in [6.07, 6.45) is 9.66. The summed E-state index contributed by atoms with van der Waals surface area (Å²) in [5.41, 5.74) is 4.75. The molecule has 0 atom stereocenters. The molecule has 0 fully saturated rings. The fourth-order valence-electron chi connectivity index (χ4n) is 2.30. The van der Waals surface area contributed by atoms with Crippen LogP contribution in [0.25, 0.3) is 0 Å². The van der Waals surface area contributed by atoms with Gasteiger partial charge in [-0.15, -0.1) is 0 Å². The Labute approximate surface area is 99.3 Å². The zero-order valence-corrected chi connectivity index (χ0v) is 10.8. The summed E-state index contributed by atoms with van der Waals surface area (Å²) in [7, 11) is 0. The van der Waals surface area contributed by atoms with Gasteiger partial charge >= 0.3 is 0 Å². The lowest BCUT2D eigenvalue weighted by atomic mass is 9.88. The first-order chi connectivity index (χ1) is 7.54. The van der Waals surface area contributed by atoms with Crippen molar-refractivity contribution in [1.29, 1.82) is 0 Å². The van der Waals surface area contributed by atoms with E-state index in [2.05, 4.69) is 38.0 Å². The van der Waals surface area contributed by atoms with Crippen molar-refractivity contribution in [3.63, 3.8) is 0 Å². The molecule has 1 nitrogen and oxygen atoms in total. The minimum absolute atomic E-state index is 0.414. The van der Waals surface area contributed by atoms with Crippen LogP contribution in [0.5, 0.6) is 0 Å². The Hall–Kier alpha value is -0.850. The van der Waals surface area contributed by atoms with E-state index in [4.69, 9.17) is 0 Å². The Bertz CT molecular complexity index is 360. The van der Waals surface area contributed by atoms with Gasteiger partial charge in [-0.1, -0.05) is 20.8 Å². The number of pyridine rings is 1. The molecule has 0 N–H and O–H groups in total. The molecular formula is C15H23N. The lowest BCUT2D eigenvalue weighted by Crippen LogP contribution is -2.09. The Morgan fingerprint density at radius 3 is 2.50 bits per heavy atom. The molecule has 1 heteroatoms. The van der Waals surface area contributed by atoms with Crippen molar-refractivity contribution >= 4 is 0 Å². The van der Waals surface area contributed by atoms with Gasteiger partial charge in [-0.3, -0.25) is 4.98 Å². The Kier molecular flexibility index (Phi) is 3.32. The molecular weight excluding hydrogens is 194 g/mol. The fourth-order valence-corrected chi connectivity index (χ4v) is 2.30. The van der Waals surface area contributed by atoms with E-state index in [0.29, 0.717) is 5.41 Å². The van der Waals surface area contributed by atoms with Crippen LogP contribution in [0.4, 0.5) is 0 Å². The highest BCUT2D eigenvalue weighted by molar-refractivity contribution is 5.28. The topological polar surface area (TPSA) is 12.9 Å². The highest BCUT2D eigenvalue weighted by Crippen LogP contribution is 2.24. The number of hydrogen-bond acceptors (Lipinski definition) is 1. The summed E-state index contributed by atoms with van der Waals surface area (Å²) in [6, 6.07) is 2.35. The van der Waals surface area contributed by atoms with Gasteiger partial charge in [0.05, 0.1) is 0 Å². The van der Waals surface area contributed by atoms with Gasteiger partial charge in [0.2, 0.25) is 0 Å². The largest absolute Gasteiger partial charge is 0.261 e. The quantitative estimate of drug-likeness (QED) is 0.731. The zero-order chi connectivity index (χ0) is 11.6. The number of aryl methyl sites for hydroxylation is 3. The maximum Gasteiger partial charge on any atom is 0.0406 e. The van der Waals surface area contributed by atoms with Crippen molar-refractivity contribution < 1.29 is 0 Å². The summed E-state index contributed by atoms with van der Waals surface area (Å²) in [5, 5.41) is 0. The van der Waals surface area contributed by atoms with E-state index in [1.807, 2.05) is 0 Å². The highest BCUT2D eigenvalue weighted by atomic mass is 14.7. The highest BCUT2D eigenvalue weighted by Gasteiger charge is 2.13. The second-order valence-electron chi connectivity index (χ2n) is 6.21. The average Bonchev–Trinajstić information content (AvgIpc) is 2.25. The number of nitrogens with zero attached hydrogens (tertiary/aromatic N) is 1. The maximum absolute atomic E-state index is 4.60. The lowest BCUT2D eigenvalue weighted by Gasteiger charge is -2.19. The van der Waals surface area contributed by atoms with Crippen molar-refractivity contribution in [1.82, 2.24) is 4.98 Å². The molecule has 0 aromatic carbocycles. The predicted octanol–water partition coefficient (Wildman–Crippen LogP) is 3.94. The molecule has 0 bridgehead atoms. The first-order valence-corrected chi connectivity index (χ1v) is 6.51. The third-order valence-corrected chi connectivity index (χ3v) is 3.41. The summed E-state index contributed by atoms with van der Waals surface area (Å²) < 4.78 is 0. The molecule has 0 unspecified atom stereocenters. The van der Waals surface area contributed by atoms with Crippen molar-refractivity contribution in [2.45, 2.75) is 59.3 Å². The summed E-state index contributed by atoms with van der Waals surface area (Å²) >= 11 is 0. The van der Waals surface area contributed by atoms with E-state index in [-0.39, 0.29) is 0 Å². The van der Waals surface area contributed by atoms with Gasteiger partial charge in [0.15, 0.2) is 0 Å². The molecule has 0 saturated carbocycles. The van der Waals surface area contributed by atoms with Crippen LogP contribution in [0.15, 0.2) is 12.3 Å². The van der Waals surface area contributed by atoms with Gasteiger partial charge in [-0.25, -0.2) is 0 Å². The van der Waals surface area contributed by atoms with Crippen LogP contribution in [0.1, 0.15) is 56.9 Å². The van der Waals surface area contributed by atoms with Crippen LogP contribution in [-0.4, -0.2) is 4.98 Å². The van der Waals surface area contributed by atoms with Gasteiger partial charge in [-0.05, 0) is 61.1 Å². The fraction of sp³-hybridized carbons (Fsp3) is 0.667. The number of fused-ring (bicyclic) bond motifs is 1. The molecule has 0 saturated heterocycles. The third-order valence-electron chi connectivity index (χ3n) is 3.41. The first-order valence-electron chi connectivity index (χ1n) is 6.51. The second-order valence-corrected chi connectivity index (χ2v) is 6.21. The van der Waals surface area contributed by atoms with Crippen molar-refractivity contribution in [3.05, 3.63) is 29.1 Å². The number of rotatable bonds is 2. The normalized spacial score (nSPS) is 15.9. The van der Waals surface area contributed by atoms with Crippen LogP contribution >= 0.6 is 0 Å². The molecule has 0 aliphatic heterocycles. The molecule has 88 valence electrons. The van der Waals surface area contributed by atoms with Crippen molar-refractivity contribution in [3.8, 4) is 0 Å². The maximum atomic E-state index is 4.60. The predicted molar refractivity (Wildman–Crippen MR) is 68.7 cm³/mol. The first kappa shape index (κ1) is 11.6. The van der Waals surface area contributed by atoms with Gasteiger partial charge in [0, 0.05) is 11.9 Å². The zero-order valence-electron chi connectivity index (χ0n) is 10.8.